The van der Waals surface area contributed by atoms with Crippen molar-refractivity contribution in [2.75, 3.05) is 23.7 Å². The Balaban J connectivity index is 1.67. The number of carbonyl (C=O) groups is 1. The molecule has 30 heavy (non-hydrogen) atoms. The first kappa shape index (κ1) is 22.3. The Labute approximate surface area is 179 Å². The summed E-state index contributed by atoms with van der Waals surface area (Å²) in [6.07, 6.45) is 3.64. The number of hydrogen-bond donors (Lipinski definition) is 1. The summed E-state index contributed by atoms with van der Waals surface area (Å²) >= 11 is 0. The summed E-state index contributed by atoms with van der Waals surface area (Å²) in [5.74, 6) is -0.327. The van der Waals surface area contributed by atoms with Gasteiger partial charge >= 0.3 is 0 Å². The zero-order valence-corrected chi connectivity index (χ0v) is 18.8. The van der Waals surface area contributed by atoms with Crippen LogP contribution in [0.25, 0.3) is 0 Å². The number of aryl methyl sites for hydroxylation is 1. The van der Waals surface area contributed by atoms with Gasteiger partial charge in [-0.25, -0.2) is 8.42 Å². The second-order valence-corrected chi connectivity index (χ2v) is 9.95. The van der Waals surface area contributed by atoms with Crippen molar-refractivity contribution in [3.63, 3.8) is 0 Å². The van der Waals surface area contributed by atoms with Gasteiger partial charge < -0.3 is 5.32 Å². The van der Waals surface area contributed by atoms with E-state index >= 15 is 0 Å². The number of hydrogen-bond acceptors (Lipinski definition) is 4. The van der Waals surface area contributed by atoms with Crippen molar-refractivity contribution in [2.45, 2.75) is 45.8 Å². The summed E-state index contributed by atoms with van der Waals surface area (Å²) in [5.41, 5.74) is 3.67. The summed E-state index contributed by atoms with van der Waals surface area (Å²) in [5, 5.41) is 2.90. The van der Waals surface area contributed by atoms with Crippen LogP contribution in [0.2, 0.25) is 0 Å². The summed E-state index contributed by atoms with van der Waals surface area (Å²) in [4.78, 5) is 15.2. The van der Waals surface area contributed by atoms with Crippen LogP contribution in [0, 0.1) is 6.92 Å². The molecule has 1 saturated heterocycles. The van der Waals surface area contributed by atoms with E-state index in [0.29, 0.717) is 12.2 Å². The molecule has 1 atom stereocenters. The number of anilines is 1. The Morgan fingerprint density at radius 2 is 1.77 bits per heavy atom. The van der Waals surface area contributed by atoms with Crippen molar-refractivity contribution >= 4 is 21.6 Å². The molecule has 6 nitrogen and oxygen atoms in total. The van der Waals surface area contributed by atoms with E-state index < -0.39 is 16.1 Å². The quantitative estimate of drug-likeness (QED) is 0.700. The summed E-state index contributed by atoms with van der Waals surface area (Å²) in [6.45, 7) is 7.07. The van der Waals surface area contributed by atoms with E-state index in [4.69, 9.17) is 0 Å². The number of nitrogens with one attached hydrogen (secondary N) is 1. The molecule has 0 aliphatic carbocycles. The van der Waals surface area contributed by atoms with Gasteiger partial charge in [0.15, 0.2) is 0 Å². The number of sulfonamides is 1. The predicted molar refractivity (Wildman–Crippen MR) is 121 cm³/mol. The van der Waals surface area contributed by atoms with Crippen LogP contribution in [0.3, 0.4) is 0 Å². The van der Waals surface area contributed by atoms with Crippen LogP contribution in [0.5, 0.6) is 0 Å². The van der Waals surface area contributed by atoms with E-state index in [9.17, 15) is 13.2 Å². The minimum absolute atomic E-state index is 0.327. The van der Waals surface area contributed by atoms with Gasteiger partial charge in [-0.1, -0.05) is 36.4 Å². The van der Waals surface area contributed by atoms with Gasteiger partial charge in [0.1, 0.15) is 6.04 Å². The van der Waals surface area contributed by atoms with Gasteiger partial charge in [-0.3, -0.25) is 14.0 Å². The molecule has 0 unspecified atom stereocenters. The zero-order chi connectivity index (χ0) is 21.7. The molecule has 3 rings (SSSR count). The topological polar surface area (TPSA) is 69.7 Å². The molecule has 1 aliphatic rings. The normalized spacial score (nSPS) is 15.7. The third kappa shape index (κ3) is 5.83. The highest BCUT2D eigenvalue weighted by molar-refractivity contribution is 7.92. The van der Waals surface area contributed by atoms with E-state index in [1.807, 2.05) is 25.1 Å². The molecule has 1 N–H and O–H groups in total. The molecular weight excluding hydrogens is 398 g/mol. The lowest BCUT2D eigenvalue weighted by atomic mass is 10.1. The van der Waals surface area contributed by atoms with Crippen LogP contribution in [0.15, 0.2) is 48.5 Å². The number of nitrogens with zero attached hydrogens (tertiary/aromatic N) is 2. The van der Waals surface area contributed by atoms with Crippen LogP contribution in [0.1, 0.15) is 36.5 Å². The maximum atomic E-state index is 12.8. The Hall–Kier alpha value is -2.38. The van der Waals surface area contributed by atoms with Gasteiger partial charge in [-0.05, 0) is 68.6 Å². The van der Waals surface area contributed by atoms with Crippen molar-refractivity contribution in [1.29, 1.82) is 0 Å². The molecule has 1 amide bonds. The molecule has 1 aliphatic heterocycles. The monoisotopic (exact) mass is 429 g/mol. The van der Waals surface area contributed by atoms with E-state index in [2.05, 4.69) is 22.3 Å². The lowest BCUT2D eigenvalue weighted by molar-refractivity contribution is -0.122. The van der Waals surface area contributed by atoms with Crippen LogP contribution < -0.4 is 9.62 Å². The van der Waals surface area contributed by atoms with E-state index in [1.54, 1.807) is 25.1 Å². The first-order valence-corrected chi connectivity index (χ1v) is 12.2. The average Bonchev–Trinajstić information content (AvgIpc) is 3.18. The molecule has 0 spiro atoms. The molecule has 2 aromatic carbocycles. The Bertz CT molecular complexity index is 985. The highest BCUT2D eigenvalue weighted by Gasteiger charge is 2.29. The third-order valence-corrected chi connectivity index (χ3v) is 6.65. The number of amides is 1. The molecule has 1 fully saturated rings. The second kappa shape index (κ2) is 9.62. The number of benzene rings is 2. The van der Waals surface area contributed by atoms with Gasteiger partial charge in [-0.15, -0.1) is 0 Å². The maximum Gasteiger partial charge on any atom is 0.243 e. The standard InChI is InChI=1S/C23H31N3O3S/c1-18-8-6-11-22(14-18)26(30(3,28)29)19(2)23(27)24-16-20-9-7-10-21(15-20)17-25-12-4-5-13-25/h6-11,14-15,19H,4-5,12-13,16-17H2,1-3H3,(H,24,27)/t19-/m1/s1. The molecule has 0 bridgehead atoms. The highest BCUT2D eigenvalue weighted by atomic mass is 32.2. The summed E-state index contributed by atoms with van der Waals surface area (Å²) in [7, 11) is -3.62. The Morgan fingerprint density at radius 1 is 1.10 bits per heavy atom. The second-order valence-electron chi connectivity index (χ2n) is 8.09. The molecule has 1 heterocycles. The van der Waals surface area contributed by atoms with Gasteiger partial charge in [0.05, 0.1) is 11.9 Å². The molecule has 0 saturated carbocycles. The van der Waals surface area contributed by atoms with Crippen molar-refractivity contribution in [2.24, 2.45) is 0 Å². The maximum absolute atomic E-state index is 12.8. The minimum atomic E-state index is -3.62. The summed E-state index contributed by atoms with van der Waals surface area (Å²) < 4.78 is 26.0. The molecule has 7 heteroatoms. The number of carbonyl (C=O) groups excluding carboxylic acids is 1. The minimum Gasteiger partial charge on any atom is -0.350 e. The van der Waals surface area contributed by atoms with Crippen molar-refractivity contribution in [3.05, 3.63) is 65.2 Å². The smallest absolute Gasteiger partial charge is 0.243 e. The Kier molecular flexibility index (Phi) is 7.15. The third-order valence-electron chi connectivity index (χ3n) is 5.41. The van der Waals surface area contributed by atoms with Gasteiger partial charge in [0.2, 0.25) is 15.9 Å². The fourth-order valence-corrected chi connectivity index (χ4v) is 5.11. The van der Waals surface area contributed by atoms with Crippen LogP contribution >= 0.6 is 0 Å². The lowest BCUT2D eigenvalue weighted by Gasteiger charge is -2.28. The highest BCUT2D eigenvalue weighted by Crippen LogP contribution is 2.22. The molecular formula is C23H31N3O3S. The first-order valence-electron chi connectivity index (χ1n) is 10.4. The van der Waals surface area contributed by atoms with E-state index in [0.717, 1.165) is 37.0 Å². The van der Waals surface area contributed by atoms with Crippen LogP contribution in [-0.2, 0) is 27.9 Å². The fraction of sp³-hybridized carbons (Fsp3) is 0.435. The Morgan fingerprint density at radius 3 is 2.43 bits per heavy atom. The average molecular weight is 430 g/mol. The zero-order valence-electron chi connectivity index (χ0n) is 18.0. The lowest BCUT2D eigenvalue weighted by Crippen LogP contribution is -2.47. The van der Waals surface area contributed by atoms with E-state index in [-0.39, 0.29) is 5.91 Å². The molecule has 0 aromatic heterocycles. The molecule has 162 valence electrons. The van der Waals surface area contributed by atoms with Gasteiger partial charge in [0, 0.05) is 13.1 Å². The largest absolute Gasteiger partial charge is 0.350 e. The van der Waals surface area contributed by atoms with Crippen LogP contribution in [-0.4, -0.2) is 44.6 Å². The van der Waals surface area contributed by atoms with Crippen molar-refractivity contribution in [3.8, 4) is 0 Å². The van der Waals surface area contributed by atoms with E-state index in [1.165, 1.54) is 22.7 Å². The number of rotatable bonds is 8. The van der Waals surface area contributed by atoms with Crippen molar-refractivity contribution < 1.29 is 13.2 Å². The first-order chi connectivity index (χ1) is 14.2. The molecule has 0 radical (unpaired) electrons. The number of likely N-dealkylation sites (tertiary alicyclic amines) is 1. The predicted octanol–water partition coefficient (Wildman–Crippen LogP) is 3.06. The summed E-state index contributed by atoms with van der Waals surface area (Å²) in [6, 6.07) is 14.5. The molecule has 2 aromatic rings. The van der Waals surface area contributed by atoms with Gasteiger partial charge in [-0.2, -0.15) is 0 Å². The fourth-order valence-electron chi connectivity index (χ4n) is 3.95. The van der Waals surface area contributed by atoms with Crippen molar-refractivity contribution in [1.82, 2.24) is 10.2 Å². The van der Waals surface area contributed by atoms with Gasteiger partial charge in [0.25, 0.3) is 0 Å². The van der Waals surface area contributed by atoms with Crippen LogP contribution in [0.4, 0.5) is 5.69 Å². The SMILES string of the molecule is Cc1cccc(N([C@H](C)C(=O)NCc2cccc(CN3CCCC3)c2)S(C)(=O)=O)c1.